The molecule has 3 N–H and O–H groups in total. The number of phosphoric acid groups is 2. The van der Waals surface area contributed by atoms with Gasteiger partial charge in [0, 0.05) is 25.7 Å². The number of carbonyl (C=O) groups is 4. The molecule has 78 heavy (non-hydrogen) atoms. The summed E-state index contributed by atoms with van der Waals surface area (Å²) in [5.41, 5.74) is 0. The van der Waals surface area contributed by atoms with Gasteiger partial charge in [0.2, 0.25) is 0 Å². The molecule has 0 heterocycles. The highest BCUT2D eigenvalue weighted by atomic mass is 31.2. The molecule has 3 unspecified atom stereocenters. The van der Waals surface area contributed by atoms with Gasteiger partial charge in [0.1, 0.15) is 19.3 Å². The lowest BCUT2D eigenvalue weighted by Gasteiger charge is -2.21. The Hall–Kier alpha value is -1.94. The van der Waals surface area contributed by atoms with Gasteiger partial charge in [0.05, 0.1) is 26.4 Å². The predicted molar refractivity (Wildman–Crippen MR) is 308 cm³/mol. The van der Waals surface area contributed by atoms with Crippen LogP contribution in [0.1, 0.15) is 286 Å². The second kappa shape index (κ2) is 51.9. The summed E-state index contributed by atoms with van der Waals surface area (Å²) < 4.78 is 67.6. The van der Waals surface area contributed by atoms with Gasteiger partial charge in [0.15, 0.2) is 12.2 Å². The zero-order chi connectivity index (χ0) is 58.0. The number of carbonyl (C=O) groups excluding carboxylic acids is 4. The van der Waals surface area contributed by atoms with E-state index in [9.17, 15) is 43.2 Å². The highest BCUT2D eigenvalue weighted by Crippen LogP contribution is 2.45. The van der Waals surface area contributed by atoms with Gasteiger partial charge >= 0.3 is 39.5 Å². The smallest absolute Gasteiger partial charge is 0.462 e. The second-order valence-corrected chi connectivity index (χ2v) is 25.0. The average Bonchev–Trinajstić information content (AvgIpc) is 3.40. The average molecular weight is 1160 g/mol. The van der Waals surface area contributed by atoms with Crippen LogP contribution in [0.15, 0.2) is 0 Å². The zero-order valence-electron chi connectivity index (χ0n) is 50.0. The Morgan fingerprint density at radius 3 is 0.974 bits per heavy atom. The lowest BCUT2D eigenvalue weighted by Crippen LogP contribution is -2.30. The Balaban J connectivity index is 5.22. The van der Waals surface area contributed by atoms with Crippen LogP contribution in [0, 0.1) is 11.8 Å². The standard InChI is InChI=1S/C59H114O17P2/c1-7-10-12-14-16-23-29-35-41-56(61)69-47-54(75-58(63)43-37-31-24-17-15-13-11-8-2)49-73-77(65,66)71-45-53(60)46-72-78(67,68)74-50-55(48-70-57(62)42-36-30-26-20-21-27-33-39-51(4)5)76-59(64)44-38-32-25-19-18-22-28-34-40-52(6)9-3/h51-55,60H,7-50H2,1-6H3,(H,65,66)(H,67,68)/t52?,53-,54+,55+/m0/s1. The number of hydrogen-bond donors (Lipinski definition) is 3. The Bertz CT molecular complexity index is 1550. The van der Waals surface area contributed by atoms with Crippen LogP contribution in [0.3, 0.4) is 0 Å². The van der Waals surface area contributed by atoms with Crippen molar-refractivity contribution in [3.05, 3.63) is 0 Å². The van der Waals surface area contributed by atoms with E-state index in [2.05, 4.69) is 41.5 Å². The molecule has 0 saturated carbocycles. The maximum Gasteiger partial charge on any atom is 0.472 e. The summed E-state index contributed by atoms with van der Waals surface area (Å²) in [4.78, 5) is 71.8. The number of rotatable bonds is 58. The van der Waals surface area contributed by atoms with Crippen molar-refractivity contribution >= 4 is 39.5 Å². The van der Waals surface area contributed by atoms with Crippen molar-refractivity contribution in [2.45, 2.75) is 304 Å². The SMILES string of the molecule is CCCCCCCCCCC(=O)OC[C@H](COP(=O)(O)OC[C@H](O)COP(=O)(O)OC[C@@H](COC(=O)CCCCCCCCCC(C)C)OC(=O)CCCCCCCCCCC(C)CC)OC(=O)CCCCCCCCCC. The first-order chi connectivity index (χ1) is 37.4. The Morgan fingerprint density at radius 1 is 0.372 bits per heavy atom. The molecule has 0 saturated heterocycles. The number of phosphoric ester groups is 2. The molecule has 0 rings (SSSR count). The molecule has 19 heteroatoms. The zero-order valence-corrected chi connectivity index (χ0v) is 51.7. The Morgan fingerprint density at radius 2 is 0.654 bits per heavy atom. The van der Waals surface area contributed by atoms with E-state index in [-0.39, 0.29) is 25.7 Å². The van der Waals surface area contributed by atoms with Crippen LogP contribution in [-0.2, 0) is 65.4 Å². The van der Waals surface area contributed by atoms with E-state index in [1.165, 1.54) is 83.5 Å². The number of hydrogen-bond acceptors (Lipinski definition) is 15. The maximum atomic E-state index is 12.9. The van der Waals surface area contributed by atoms with E-state index < -0.39 is 97.5 Å². The monoisotopic (exact) mass is 1160 g/mol. The van der Waals surface area contributed by atoms with Crippen LogP contribution in [0.25, 0.3) is 0 Å². The van der Waals surface area contributed by atoms with E-state index in [4.69, 9.17) is 37.0 Å². The molecule has 0 aliphatic rings. The molecular weight excluding hydrogens is 1040 g/mol. The minimum Gasteiger partial charge on any atom is -0.462 e. The number of ether oxygens (including phenoxy) is 4. The van der Waals surface area contributed by atoms with Gasteiger partial charge in [-0.1, -0.05) is 234 Å². The Labute approximate surface area is 473 Å². The minimum atomic E-state index is -4.94. The first-order valence-corrected chi connectivity index (χ1v) is 34.0. The van der Waals surface area contributed by atoms with Crippen LogP contribution in [-0.4, -0.2) is 96.7 Å². The normalized spacial score (nSPS) is 14.8. The van der Waals surface area contributed by atoms with Crippen molar-refractivity contribution in [2.75, 3.05) is 39.6 Å². The highest BCUT2D eigenvalue weighted by Gasteiger charge is 2.30. The molecule has 17 nitrogen and oxygen atoms in total. The van der Waals surface area contributed by atoms with Crippen molar-refractivity contribution in [3.8, 4) is 0 Å². The van der Waals surface area contributed by atoms with E-state index in [1.807, 2.05) is 0 Å². The molecule has 0 amide bonds. The van der Waals surface area contributed by atoms with Crippen LogP contribution in [0.2, 0.25) is 0 Å². The molecule has 0 aliphatic heterocycles. The molecule has 6 atom stereocenters. The first-order valence-electron chi connectivity index (χ1n) is 31.0. The fourth-order valence-electron chi connectivity index (χ4n) is 8.61. The first kappa shape index (κ1) is 76.1. The van der Waals surface area contributed by atoms with Crippen LogP contribution >= 0.6 is 15.6 Å². The van der Waals surface area contributed by atoms with Gasteiger partial charge in [-0.25, -0.2) is 9.13 Å². The Kier molecular flexibility index (Phi) is 50.6. The summed E-state index contributed by atoms with van der Waals surface area (Å²) in [6.07, 6.45) is 32.2. The van der Waals surface area contributed by atoms with Gasteiger partial charge in [-0.2, -0.15) is 0 Å². The summed E-state index contributed by atoms with van der Waals surface area (Å²) in [7, 11) is -9.87. The summed E-state index contributed by atoms with van der Waals surface area (Å²) >= 11 is 0. The summed E-state index contributed by atoms with van der Waals surface area (Å²) in [6, 6.07) is 0. The third kappa shape index (κ3) is 52.2. The molecule has 0 radical (unpaired) electrons. The highest BCUT2D eigenvalue weighted by molar-refractivity contribution is 7.47. The lowest BCUT2D eigenvalue weighted by molar-refractivity contribution is -0.161. The fourth-order valence-corrected chi connectivity index (χ4v) is 10.2. The van der Waals surface area contributed by atoms with Crippen LogP contribution < -0.4 is 0 Å². The summed E-state index contributed by atoms with van der Waals surface area (Å²) in [6.45, 7) is 9.34. The largest absolute Gasteiger partial charge is 0.472 e. The van der Waals surface area contributed by atoms with Crippen molar-refractivity contribution in [1.29, 1.82) is 0 Å². The predicted octanol–water partition coefficient (Wildman–Crippen LogP) is 15.7. The maximum absolute atomic E-state index is 12.9. The summed E-state index contributed by atoms with van der Waals surface area (Å²) in [5, 5.41) is 10.5. The van der Waals surface area contributed by atoms with E-state index in [1.54, 1.807) is 0 Å². The molecule has 0 aromatic heterocycles. The van der Waals surface area contributed by atoms with Crippen LogP contribution in [0.4, 0.5) is 0 Å². The molecule has 0 fully saturated rings. The molecular formula is C59H114O17P2. The molecule has 0 aromatic carbocycles. The molecule has 462 valence electrons. The van der Waals surface area contributed by atoms with Crippen molar-refractivity contribution in [1.82, 2.24) is 0 Å². The van der Waals surface area contributed by atoms with Crippen molar-refractivity contribution in [2.24, 2.45) is 11.8 Å². The topological polar surface area (TPSA) is 237 Å². The minimum absolute atomic E-state index is 0.104. The molecule has 0 spiro atoms. The fraction of sp³-hybridized carbons (Fsp3) is 0.932. The van der Waals surface area contributed by atoms with E-state index >= 15 is 0 Å². The third-order valence-electron chi connectivity index (χ3n) is 13.8. The third-order valence-corrected chi connectivity index (χ3v) is 15.7. The summed E-state index contributed by atoms with van der Waals surface area (Å²) in [5.74, 6) is -0.673. The number of aliphatic hydroxyl groups is 1. The van der Waals surface area contributed by atoms with Crippen molar-refractivity contribution < 1.29 is 80.2 Å². The van der Waals surface area contributed by atoms with Crippen molar-refractivity contribution in [3.63, 3.8) is 0 Å². The van der Waals surface area contributed by atoms with Crippen LogP contribution in [0.5, 0.6) is 0 Å². The number of unbranched alkanes of at least 4 members (excludes halogenated alkanes) is 27. The van der Waals surface area contributed by atoms with E-state index in [0.29, 0.717) is 31.6 Å². The number of aliphatic hydroxyl groups excluding tert-OH is 1. The number of esters is 4. The van der Waals surface area contributed by atoms with Gasteiger partial charge in [-0.3, -0.25) is 37.3 Å². The molecule has 0 aromatic rings. The van der Waals surface area contributed by atoms with Gasteiger partial charge in [0.25, 0.3) is 0 Å². The lowest BCUT2D eigenvalue weighted by atomic mass is 9.99. The van der Waals surface area contributed by atoms with Gasteiger partial charge in [-0.05, 0) is 37.5 Å². The van der Waals surface area contributed by atoms with Gasteiger partial charge in [-0.15, -0.1) is 0 Å². The quantitative estimate of drug-likeness (QED) is 0.0222. The molecule has 0 aliphatic carbocycles. The molecule has 0 bridgehead atoms. The second-order valence-electron chi connectivity index (χ2n) is 22.1. The van der Waals surface area contributed by atoms with Gasteiger partial charge < -0.3 is 33.8 Å². The van der Waals surface area contributed by atoms with E-state index in [0.717, 1.165) is 115 Å².